The van der Waals surface area contributed by atoms with Crippen molar-refractivity contribution in [3.63, 3.8) is 0 Å². The summed E-state index contributed by atoms with van der Waals surface area (Å²) < 4.78 is 7.30. The summed E-state index contributed by atoms with van der Waals surface area (Å²) in [5.74, 6) is 0. The molecule has 0 unspecified atom stereocenters. The van der Waals surface area contributed by atoms with E-state index in [1.807, 2.05) is 0 Å². The van der Waals surface area contributed by atoms with E-state index in [2.05, 4.69) is 202 Å². The van der Waals surface area contributed by atoms with E-state index in [-0.39, 0.29) is 0 Å². The van der Waals surface area contributed by atoms with Gasteiger partial charge in [-0.15, -0.1) is 0 Å². The summed E-state index contributed by atoms with van der Waals surface area (Å²) in [4.78, 5) is 0. The number of hydrogen-bond acceptors (Lipinski definition) is 0. The average molecular weight is 650 g/mol. The highest BCUT2D eigenvalue weighted by molar-refractivity contribution is 6.19. The third-order valence-electron chi connectivity index (χ3n) is 10.6. The second kappa shape index (κ2) is 10.8. The fourth-order valence-electron chi connectivity index (χ4n) is 8.40. The molecule has 3 heteroatoms. The quantitative estimate of drug-likeness (QED) is 0.180. The number of fused-ring (bicyclic) bond motifs is 9. The van der Waals surface area contributed by atoms with E-state index in [0.717, 1.165) is 17.1 Å². The molecule has 0 spiro atoms. The van der Waals surface area contributed by atoms with Crippen molar-refractivity contribution in [2.75, 3.05) is 0 Å². The summed E-state index contributed by atoms with van der Waals surface area (Å²) in [6.07, 6.45) is 0. The lowest BCUT2D eigenvalue weighted by atomic mass is 10.1. The Balaban J connectivity index is 1.27. The van der Waals surface area contributed by atoms with Gasteiger partial charge in [0.1, 0.15) is 0 Å². The van der Waals surface area contributed by atoms with Gasteiger partial charge < -0.3 is 13.7 Å². The van der Waals surface area contributed by atoms with E-state index in [1.165, 1.54) is 76.5 Å². The van der Waals surface area contributed by atoms with Gasteiger partial charge in [-0.2, -0.15) is 0 Å². The van der Waals surface area contributed by atoms with Crippen LogP contribution in [-0.2, 0) is 0 Å². The van der Waals surface area contributed by atoms with E-state index < -0.39 is 0 Å². The van der Waals surface area contributed by atoms with Gasteiger partial charge in [-0.05, 0) is 77.9 Å². The van der Waals surface area contributed by atoms with Crippen LogP contribution in [0.5, 0.6) is 0 Å². The maximum absolute atomic E-state index is 2.47. The molecule has 0 radical (unpaired) electrons. The van der Waals surface area contributed by atoms with Crippen LogP contribution in [0.4, 0.5) is 0 Å². The lowest BCUT2D eigenvalue weighted by Gasteiger charge is -2.13. The summed E-state index contributed by atoms with van der Waals surface area (Å²) in [5.41, 5.74) is 13.0. The molecule has 0 fully saturated rings. The Morgan fingerprint density at radius 2 is 0.647 bits per heavy atom. The molecule has 0 aliphatic heterocycles. The molecule has 8 aromatic carbocycles. The van der Waals surface area contributed by atoms with Gasteiger partial charge in [-0.25, -0.2) is 0 Å². The van der Waals surface area contributed by atoms with Gasteiger partial charge in [0.25, 0.3) is 0 Å². The van der Waals surface area contributed by atoms with Crippen LogP contribution < -0.4 is 0 Å². The van der Waals surface area contributed by atoms with Crippen molar-refractivity contribution in [3.05, 3.63) is 188 Å². The molecule has 0 bridgehead atoms. The van der Waals surface area contributed by atoms with Crippen molar-refractivity contribution in [3.8, 4) is 28.2 Å². The molecule has 0 aliphatic carbocycles. The lowest BCUT2D eigenvalue weighted by molar-refractivity contribution is 1.15. The van der Waals surface area contributed by atoms with E-state index in [9.17, 15) is 0 Å². The molecule has 3 heterocycles. The third-order valence-corrected chi connectivity index (χ3v) is 10.6. The van der Waals surface area contributed by atoms with E-state index in [4.69, 9.17) is 0 Å². The highest BCUT2D eigenvalue weighted by atomic mass is 15.0. The maximum atomic E-state index is 2.47. The molecule has 0 saturated heterocycles. The molecule has 3 nitrogen and oxygen atoms in total. The standard InChI is InChI=1S/C48H31N3/c1-3-14-32(15-4-1)33-16-13-19-35(28-33)51-46-29-36(50-43-23-10-7-20-37(43)38-21-8-11-24-44(38)50)26-27-40(46)42-30-41-39-22-9-12-25-45(39)49(47(41)31-48(42)51)34-17-5-2-6-18-34/h1-31H. The van der Waals surface area contributed by atoms with Crippen molar-refractivity contribution in [2.24, 2.45) is 0 Å². The number of aromatic nitrogens is 3. The number of para-hydroxylation sites is 4. The highest BCUT2D eigenvalue weighted by Gasteiger charge is 2.20. The normalized spacial score (nSPS) is 11.9. The summed E-state index contributed by atoms with van der Waals surface area (Å²) >= 11 is 0. The Labute approximate surface area is 294 Å². The van der Waals surface area contributed by atoms with Gasteiger partial charge in [0.05, 0.1) is 33.1 Å². The Kier molecular flexibility index (Phi) is 5.96. The molecule has 0 saturated carbocycles. The Morgan fingerprint density at radius 1 is 0.216 bits per heavy atom. The summed E-state index contributed by atoms with van der Waals surface area (Å²) in [6.45, 7) is 0. The lowest BCUT2D eigenvalue weighted by Crippen LogP contribution is -1.98. The predicted molar refractivity (Wildman–Crippen MR) is 215 cm³/mol. The largest absolute Gasteiger partial charge is 0.309 e. The third kappa shape index (κ3) is 4.12. The molecule has 51 heavy (non-hydrogen) atoms. The zero-order valence-corrected chi connectivity index (χ0v) is 27.7. The second-order valence-electron chi connectivity index (χ2n) is 13.4. The number of nitrogens with zero attached hydrogens (tertiary/aromatic N) is 3. The summed E-state index contributed by atoms with van der Waals surface area (Å²) in [7, 11) is 0. The fourth-order valence-corrected chi connectivity index (χ4v) is 8.40. The van der Waals surface area contributed by atoms with Crippen molar-refractivity contribution < 1.29 is 0 Å². The smallest absolute Gasteiger partial charge is 0.0562 e. The Morgan fingerprint density at radius 3 is 1.29 bits per heavy atom. The maximum Gasteiger partial charge on any atom is 0.0562 e. The van der Waals surface area contributed by atoms with Crippen molar-refractivity contribution in [1.82, 2.24) is 13.7 Å². The Hall–Kier alpha value is -6.84. The van der Waals surface area contributed by atoms with Crippen LogP contribution in [0.2, 0.25) is 0 Å². The van der Waals surface area contributed by atoms with Gasteiger partial charge in [-0.3, -0.25) is 0 Å². The van der Waals surface area contributed by atoms with Gasteiger partial charge >= 0.3 is 0 Å². The van der Waals surface area contributed by atoms with Crippen LogP contribution >= 0.6 is 0 Å². The minimum atomic E-state index is 1.14. The van der Waals surface area contributed by atoms with Crippen LogP contribution in [0.15, 0.2) is 188 Å². The number of rotatable bonds is 4. The molecule has 11 aromatic rings. The zero-order chi connectivity index (χ0) is 33.5. The average Bonchev–Trinajstić information content (AvgIpc) is 3.82. The van der Waals surface area contributed by atoms with Gasteiger partial charge in [0, 0.05) is 49.4 Å². The van der Waals surface area contributed by atoms with Gasteiger partial charge in [0.15, 0.2) is 0 Å². The zero-order valence-electron chi connectivity index (χ0n) is 27.7. The first-order chi connectivity index (χ1) is 25.3. The molecular formula is C48H31N3. The summed E-state index contributed by atoms with van der Waals surface area (Å²) in [5, 5.41) is 7.52. The van der Waals surface area contributed by atoms with E-state index in [0.29, 0.717) is 0 Å². The van der Waals surface area contributed by atoms with Crippen molar-refractivity contribution in [2.45, 2.75) is 0 Å². The minimum absolute atomic E-state index is 1.14. The van der Waals surface area contributed by atoms with E-state index >= 15 is 0 Å². The second-order valence-corrected chi connectivity index (χ2v) is 13.4. The molecule has 0 amide bonds. The molecule has 0 atom stereocenters. The summed E-state index contributed by atoms with van der Waals surface area (Å²) in [6, 6.07) is 68.5. The van der Waals surface area contributed by atoms with Crippen molar-refractivity contribution in [1.29, 1.82) is 0 Å². The van der Waals surface area contributed by atoms with Crippen molar-refractivity contribution >= 4 is 65.4 Å². The van der Waals surface area contributed by atoms with Crippen LogP contribution in [0.1, 0.15) is 0 Å². The monoisotopic (exact) mass is 649 g/mol. The molecular weight excluding hydrogens is 619 g/mol. The van der Waals surface area contributed by atoms with Crippen LogP contribution in [-0.4, -0.2) is 13.7 Å². The minimum Gasteiger partial charge on any atom is -0.309 e. The van der Waals surface area contributed by atoms with E-state index in [1.54, 1.807) is 0 Å². The SMILES string of the molecule is c1ccc(-c2cccc(-n3c4cc(-n5c6ccccc6c6ccccc65)ccc4c4cc5c6ccccc6n(-c6ccccc6)c5cc43)c2)cc1. The first-order valence-electron chi connectivity index (χ1n) is 17.5. The molecule has 238 valence electrons. The number of hydrogen-bond donors (Lipinski definition) is 0. The molecule has 11 rings (SSSR count). The number of benzene rings is 8. The topological polar surface area (TPSA) is 14.8 Å². The van der Waals surface area contributed by atoms with Gasteiger partial charge in [0.2, 0.25) is 0 Å². The first-order valence-corrected chi connectivity index (χ1v) is 17.5. The van der Waals surface area contributed by atoms with Crippen LogP contribution in [0, 0.1) is 0 Å². The van der Waals surface area contributed by atoms with Crippen LogP contribution in [0.3, 0.4) is 0 Å². The highest BCUT2D eigenvalue weighted by Crippen LogP contribution is 2.41. The molecule has 0 aliphatic rings. The van der Waals surface area contributed by atoms with Crippen LogP contribution in [0.25, 0.3) is 93.6 Å². The Bertz CT molecular complexity index is 3070. The van der Waals surface area contributed by atoms with Gasteiger partial charge in [-0.1, -0.05) is 121 Å². The predicted octanol–water partition coefficient (Wildman–Crippen LogP) is 12.6. The first kappa shape index (κ1) is 28.0. The molecule has 3 aromatic heterocycles. The fraction of sp³-hybridized carbons (Fsp3) is 0. The molecule has 0 N–H and O–H groups in total.